The van der Waals surface area contributed by atoms with Crippen LogP contribution in [-0.4, -0.2) is 24.0 Å². The number of benzene rings is 1. The Morgan fingerprint density at radius 2 is 1.94 bits per heavy atom. The van der Waals surface area contributed by atoms with E-state index in [2.05, 4.69) is 5.32 Å². The van der Waals surface area contributed by atoms with Gasteiger partial charge in [0.15, 0.2) is 0 Å². The highest BCUT2D eigenvalue weighted by atomic mass is 35.5. The number of carbonyl (C=O) groups is 1. The fourth-order valence-electron chi connectivity index (χ4n) is 2.23. The van der Waals surface area contributed by atoms with Gasteiger partial charge in [0.1, 0.15) is 0 Å². The minimum Gasteiger partial charge on any atom is -0.328 e. The predicted octanol–water partition coefficient (Wildman–Crippen LogP) is 3.38. The molecule has 1 N–H and O–H groups in total. The highest BCUT2D eigenvalue weighted by molar-refractivity contribution is 6.31. The molecule has 1 aromatic carbocycles. The van der Waals surface area contributed by atoms with E-state index in [1.165, 1.54) is 0 Å². The first kappa shape index (κ1) is 13.2. The van der Waals surface area contributed by atoms with Gasteiger partial charge in [0, 0.05) is 18.1 Å². The Morgan fingerprint density at radius 3 is 2.44 bits per heavy atom. The summed E-state index contributed by atoms with van der Waals surface area (Å²) in [5.74, 6) is 0. The van der Waals surface area contributed by atoms with Gasteiger partial charge in [-0.15, -0.1) is 0 Å². The van der Waals surface area contributed by atoms with Gasteiger partial charge in [-0.2, -0.15) is 0 Å². The molecule has 0 unspecified atom stereocenters. The molecule has 0 saturated heterocycles. The SMILES string of the molecule is CCN(CC)C(=O)NC1(c2ccccc2Cl)CC1. The van der Waals surface area contributed by atoms with Crippen LogP contribution in [0.5, 0.6) is 0 Å². The van der Waals surface area contributed by atoms with Crippen molar-refractivity contribution in [2.75, 3.05) is 13.1 Å². The molecule has 2 rings (SSSR count). The third-order valence-corrected chi connectivity index (χ3v) is 3.87. The maximum absolute atomic E-state index is 12.1. The summed E-state index contributed by atoms with van der Waals surface area (Å²) in [4.78, 5) is 13.9. The van der Waals surface area contributed by atoms with Gasteiger partial charge in [-0.1, -0.05) is 29.8 Å². The lowest BCUT2D eigenvalue weighted by atomic mass is 10.1. The normalized spacial score (nSPS) is 16.2. The van der Waals surface area contributed by atoms with E-state index in [0.717, 1.165) is 36.5 Å². The first-order chi connectivity index (χ1) is 8.63. The number of nitrogens with one attached hydrogen (secondary N) is 1. The number of urea groups is 1. The van der Waals surface area contributed by atoms with Crippen LogP contribution in [0, 0.1) is 0 Å². The van der Waals surface area contributed by atoms with Gasteiger partial charge in [-0.3, -0.25) is 0 Å². The molecule has 3 nitrogen and oxygen atoms in total. The Labute approximate surface area is 113 Å². The Hall–Kier alpha value is -1.22. The van der Waals surface area contributed by atoms with E-state index in [4.69, 9.17) is 11.6 Å². The second-order valence-electron chi connectivity index (χ2n) is 4.66. The van der Waals surface area contributed by atoms with Crippen LogP contribution in [0.2, 0.25) is 5.02 Å². The molecule has 1 aliphatic rings. The van der Waals surface area contributed by atoms with Crippen LogP contribution in [0.1, 0.15) is 32.3 Å². The molecule has 0 bridgehead atoms. The number of hydrogen-bond acceptors (Lipinski definition) is 1. The molecule has 0 spiro atoms. The molecule has 1 saturated carbocycles. The largest absolute Gasteiger partial charge is 0.328 e. The Bertz CT molecular complexity index is 439. The maximum Gasteiger partial charge on any atom is 0.318 e. The van der Waals surface area contributed by atoms with Gasteiger partial charge in [0.25, 0.3) is 0 Å². The van der Waals surface area contributed by atoms with Crippen LogP contribution in [0.4, 0.5) is 4.79 Å². The zero-order valence-electron chi connectivity index (χ0n) is 10.9. The van der Waals surface area contributed by atoms with Crippen molar-refractivity contribution in [3.8, 4) is 0 Å². The molecule has 1 aliphatic carbocycles. The highest BCUT2D eigenvalue weighted by Gasteiger charge is 2.47. The Balaban J connectivity index is 2.14. The van der Waals surface area contributed by atoms with Gasteiger partial charge in [0.2, 0.25) is 0 Å². The molecule has 0 aromatic heterocycles. The summed E-state index contributed by atoms with van der Waals surface area (Å²) >= 11 is 6.21. The lowest BCUT2D eigenvalue weighted by Crippen LogP contribution is -2.44. The van der Waals surface area contributed by atoms with Gasteiger partial charge in [-0.25, -0.2) is 4.79 Å². The lowest BCUT2D eigenvalue weighted by molar-refractivity contribution is 0.197. The van der Waals surface area contributed by atoms with Crippen LogP contribution in [0.3, 0.4) is 0 Å². The van der Waals surface area contributed by atoms with Crippen molar-refractivity contribution in [1.82, 2.24) is 10.2 Å². The van der Waals surface area contributed by atoms with Crippen molar-refractivity contribution >= 4 is 17.6 Å². The summed E-state index contributed by atoms with van der Waals surface area (Å²) in [6.07, 6.45) is 1.92. The summed E-state index contributed by atoms with van der Waals surface area (Å²) < 4.78 is 0. The summed E-state index contributed by atoms with van der Waals surface area (Å²) in [6.45, 7) is 5.41. The van der Waals surface area contributed by atoms with Crippen molar-refractivity contribution in [1.29, 1.82) is 0 Å². The van der Waals surface area contributed by atoms with Gasteiger partial charge < -0.3 is 10.2 Å². The molecule has 4 heteroatoms. The number of halogens is 1. The lowest BCUT2D eigenvalue weighted by Gasteiger charge is -2.25. The quantitative estimate of drug-likeness (QED) is 0.890. The fraction of sp³-hybridized carbons (Fsp3) is 0.500. The number of carbonyl (C=O) groups excluding carboxylic acids is 1. The topological polar surface area (TPSA) is 32.3 Å². The van der Waals surface area contributed by atoms with Crippen LogP contribution >= 0.6 is 11.6 Å². The zero-order chi connectivity index (χ0) is 13.2. The minimum atomic E-state index is -0.238. The number of amides is 2. The molecule has 1 fully saturated rings. The summed E-state index contributed by atoms with van der Waals surface area (Å²) in [5.41, 5.74) is 0.796. The monoisotopic (exact) mass is 266 g/mol. The van der Waals surface area contributed by atoms with Gasteiger partial charge >= 0.3 is 6.03 Å². The molecule has 0 aliphatic heterocycles. The third-order valence-electron chi connectivity index (χ3n) is 3.54. The second-order valence-corrected chi connectivity index (χ2v) is 5.07. The second kappa shape index (κ2) is 5.19. The minimum absolute atomic E-state index is 0.00239. The first-order valence-electron chi connectivity index (χ1n) is 6.45. The van der Waals surface area contributed by atoms with Crippen molar-refractivity contribution < 1.29 is 4.79 Å². The van der Waals surface area contributed by atoms with E-state index in [0.29, 0.717) is 0 Å². The Kier molecular flexibility index (Phi) is 3.81. The van der Waals surface area contributed by atoms with Crippen molar-refractivity contribution in [2.24, 2.45) is 0 Å². The van der Waals surface area contributed by atoms with E-state index in [1.54, 1.807) is 4.90 Å². The molecule has 0 radical (unpaired) electrons. The van der Waals surface area contributed by atoms with Crippen LogP contribution < -0.4 is 5.32 Å². The number of nitrogens with zero attached hydrogens (tertiary/aromatic N) is 1. The predicted molar refractivity (Wildman–Crippen MR) is 73.8 cm³/mol. The summed E-state index contributed by atoms with van der Waals surface area (Å²) in [6, 6.07) is 7.74. The van der Waals surface area contributed by atoms with E-state index in [9.17, 15) is 4.79 Å². The smallest absolute Gasteiger partial charge is 0.318 e. The molecule has 1 aromatic rings. The Morgan fingerprint density at radius 1 is 1.33 bits per heavy atom. The highest BCUT2D eigenvalue weighted by Crippen LogP contribution is 2.47. The van der Waals surface area contributed by atoms with E-state index in [-0.39, 0.29) is 11.6 Å². The van der Waals surface area contributed by atoms with Crippen molar-refractivity contribution in [2.45, 2.75) is 32.2 Å². The van der Waals surface area contributed by atoms with Crippen molar-refractivity contribution in [3.63, 3.8) is 0 Å². The van der Waals surface area contributed by atoms with Gasteiger partial charge in [0.05, 0.1) is 5.54 Å². The van der Waals surface area contributed by atoms with Crippen LogP contribution in [-0.2, 0) is 5.54 Å². The fourth-order valence-corrected chi connectivity index (χ4v) is 2.55. The third kappa shape index (κ3) is 2.46. The zero-order valence-corrected chi connectivity index (χ0v) is 11.6. The van der Waals surface area contributed by atoms with E-state index in [1.807, 2.05) is 38.1 Å². The average molecular weight is 267 g/mol. The van der Waals surface area contributed by atoms with E-state index < -0.39 is 0 Å². The van der Waals surface area contributed by atoms with Crippen LogP contribution in [0.25, 0.3) is 0 Å². The first-order valence-corrected chi connectivity index (χ1v) is 6.83. The van der Waals surface area contributed by atoms with E-state index >= 15 is 0 Å². The van der Waals surface area contributed by atoms with Gasteiger partial charge in [-0.05, 0) is 38.3 Å². The maximum atomic E-state index is 12.1. The molecule has 2 amide bonds. The number of hydrogen-bond donors (Lipinski definition) is 1. The van der Waals surface area contributed by atoms with Crippen LogP contribution in [0.15, 0.2) is 24.3 Å². The molecule has 0 atom stereocenters. The molecule has 0 heterocycles. The molecular weight excluding hydrogens is 248 g/mol. The molecule has 98 valence electrons. The standard InChI is InChI=1S/C14H19ClN2O/c1-3-17(4-2)13(18)16-14(9-10-14)11-7-5-6-8-12(11)15/h5-8H,3-4,9-10H2,1-2H3,(H,16,18). The molecular formula is C14H19ClN2O. The molecule has 18 heavy (non-hydrogen) atoms. The summed E-state index contributed by atoms with van der Waals surface area (Å²) in [7, 11) is 0. The summed E-state index contributed by atoms with van der Waals surface area (Å²) in [5, 5.41) is 3.86. The number of rotatable bonds is 4. The average Bonchev–Trinajstić information content (AvgIpc) is 3.12. The van der Waals surface area contributed by atoms with Crippen molar-refractivity contribution in [3.05, 3.63) is 34.9 Å².